The molecule has 1 fully saturated rings. The molecule has 0 bridgehead atoms. The molecule has 0 aromatic heterocycles. The molecule has 1 heterocycles. The van der Waals surface area contributed by atoms with Crippen molar-refractivity contribution in [2.24, 2.45) is 0 Å². The number of hydrogen-bond donors (Lipinski definition) is 1. The highest BCUT2D eigenvalue weighted by Gasteiger charge is 2.33. The Morgan fingerprint density at radius 3 is 2.50 bits per heavy atom. The first-order chi connectivity index (χ1) is 10.3. The number of morpholine rings is 1. The van der Waals surface area contributed by atoms with Gasteiger partial charge in [0.15, 0.2) is 11.6 Å². The van der Waals surface area contributed by atoms with Crippen LogP contribution in [0.3, 0.4) is 0 Å². The van der Waals surface area contributed by atoms with Crippen molar-refractivity contribution in [2.45, 2.75) is 26.0 Å². The molecule has 22 heavy (non-hydrogen) atoms. The van der Waals surface area contributed by atoms with Gasteiger partial charge >= 0.3 is 11.8 Å². The monoisotopic (exact) mass is 332 g/mol. The number of ether oxygens (including phenoxy) is 1. The largest absolute Gasteiger partial charge is 0.375 e. The van der Waals surface area contributed by atoms with Gasteiger partial charge in [0.25, 0.3) is 0 Å². The van der Waals surface area contributed by atoms with E-state index in [1.807, 2.05) is 5.32 Å². The van der Waals surface area contributed by atoms with Crippen molar-refractivity contribution in [3.8, 4) is 0 Å². The van der Waals surface area contributed by atoms with Crippen molar-refractivity contribution >= 4 is 29.1 Å². The molecule has 120 valence electrons. The Morgan fingerprint density at radius 1 is 1.32 bits per heavy atom. The number of nitrogens with one attached hydrogen (secondary N) is 1. The van der Waals surface area contributed by atoms with E-state index in [-0.39, 0.29) is 23.7 Å². The topological polar surface area (TPSA) is 58.6 Å². The van der Waals surface area contributed by atoms with Crippen molar-refractivity contribution < 1.29 is 23.1 Å². The van der Waals surface area contributed by atoms with Crippen molar-refractivity contribution in [1.82, 2.24) is 4.90 Å². The fourth-order valence-electron chi connectivity index (χ4n) is 2.18. The Labute approximate surface area is 131 Å². The highest BCUT2D eigenvalue weighted by atomic mass is 35.5. The maximum absolute atomic E-state index is 13.6. The van der Waals surface area contributed by atoms with Gasteiger partial charge in [0, 0.05) is 11.6 Å². The minimum absolute atomic E-state index is 0.144. The molecule has 2 amide bonds. The number of rotatable bonds is 1. The molecule has 1 saturated heterocycles. The first-order valence-electron chi connectivity index (χ1n) is 6.69. The van der Waals surface area contributed by atoms with Gasteiger partial charge in [0.1, 0.15) is 5.69 Å². The minimum Gasteiger partial charge on any atom is -0.375 e. The van der Waals surface area contributed by atoms with E-state index in [2.05, 4.69) is 0 Å². The Hall–Kier alpha value is -1.73. The molecule has 8 heteroatoms. The molecule has 1 N–H and O–H groups in total. The molecule has 0 saturated carbocycles. The van der Waals surface area contributed by atoms with Gasteiger partial charge < -0.3 is 15.0 Å². The lowest BCUT2D eigenvalue weighted by Gasteiger charge is -2.37. The lowest BCUT2D eigenvalue weighted by Crippen LogP contribution is -2.54. The molecule has 0 aliphatic carbocycles. The number of carbonyl (C=O) groups is 2. The summed E-state index contributed by atoms with van der Waals surface area (Å²) in [4.78, 5) is 25.4. The summed E-state index contributed by atoms with van der Waals surface area (Å²) in [5.74, 6) is -4.07. The van der Waals surface area contributed by atoms with E-state index in [0.29, 0.717) is 6.61 Å². The summed E-state index contributed by atoms with van der Waals surface area (Å²) < 4.78 is 32.6. The van der Waals surface area contributed by atoms with Crippen LogP contribution in [0.1, 0.15) is 13.8 Å². The van der Waals surface area contributed by atoms with Gasteiger partial charge in [0.05, 0.1) is 18.8 Å². The van der Waals surface area contributed by atoms with Gasteiger partial charge in [-0.1, -0.05) is 11.6 Å². The van der Waals surface area contributed by atoms with E-state index in [1.54, 1.807) is 13.8 Å². The van der Waals surface area contributed by atoms with Gasteiger partial charge in [-0.15, -0.1) is 0 Å². The van der Waals surface area contributed by atoms with Crippen molar-refractivity contribution in [3.63, 3.8) is 0 Å². The second-order valence-corrected chi connectivity index (χ2v) is 5.45. The SMILES string of the molecule is C[C@@H]1OCCN(C(=O)C(=O)Nc2c(F)cc(Cl)cc2F)[C@@H]1C. The number of carbonyl (C=O) groups excluding carboxylic acids is 2. The van der Waals surface area contributed by atoms with Crippen LogP contribution in [0.15, 0.2) is 12.1 Å². The summed E-state index contributed by atoms with van der Waals surface area (Å²) in [6.07, 6.45) is -0.227. The molecule has 2 atom stereocenters. The van der Waals surface area contributed by atoms with Crippen LogP contribution in [0.2, 0.25) is 5.02 Å². The third-order valence-corrected chi connectivity index (χ3v) is 3.80. The van der Waals surface area contributed by atoms with Gasteiger partial charge in [-0.3, -0.25) is 9.59 Å². The molecule has 5 nitrogen and oxygen atoms in total. The molecular formula is C14H15ClF2N2O3. The Balaban J connectivity index is 2.14. The molecule has 1 aliphatic rings. The quantitative estimate of drug-likeness (QED) is 0.802. The van der Waals surface area contributed by atoms with Crippen molar-refractivity contribution in [2.75, 3.05) is 18.5 Å². The predicted molar refractivity (Wildman–Crippen MR) is 76.6 cm³/mol. The van der Waals surface area contributed by atoms with Crippen LogP contribution in [-0.4, -0.2) is 42.0 Å². The highest BCUT2D eigenvalue weighted by Crippen LogP contribution is 2.23. The average molecular weight is 333 g/mol. The van der Waals surface area contributed by atoms with Gasteiger partial charge in [-0.25, -0.2) is 8.78 Å². The summed E-state index contributed by atoms with van der Waals surface area (Å²) in [6.45, 7) is 4.05. The zero-order valence-electron chi connectivity index (χ0n) is 12.0. The van der Waals surface area contributed by atoms with Gasteiger partial charge in [0.2, 0.25) is 0 Å². The molecule has 0 spiro atoms. The van der Waals surface area contributed by atoms with E-state index >= 15 is 0 Å². The Morgan fingerprint density at radius 2 is 1.91 bits per heavy atom. The van der Waals surface area contributed by atoms with E-state index in [9.17, 15) is 18.4 Å². The fourth-order valence-corrected chi connectivity index (χ4v) is 2.37. The molecule has 0 radical (unpaired) electrons. The summed E-state index contributed by atoms with van der Waals surface area (Å²) in [6, 6.07) is 1.39. The summed E-state index contributed by atoms with van der Waals surface area (Å²) in [5.41, 5.74) is -0.697. The van der Waals surface area contributed by atoms with Crippen molar-refractivity contribution in [1.29, 1.82) is 0 Å². The maximum Gasteiger partial charge on any atom is 0.314 e. The lowest BCUT2D eigenvalue weighted by atomic mass is 10.1. The predicted octanol–water partition coefficient (Wildman–Crippen LogP) is 2.19. The Bertz CT molecular complexity index is 589. The molecule has 1 aromatic rings. The number of nitrogens with zero attached hydrogens (tertiary/aromatic N) is 1. The zero-order chi connectivity index (χ0) is 16.4. The van der Waals surface area contributed by atoms with E-state index in [4.69, 9.17) is 16.3 Å². The summed E-state index contributed by atoms with van der Waals surface area (Å²) in [5, 5.41) is 1.81. The average Bonchev–Trinajstić information content (AvgIpc) is 2.44. The second kappa shape index (κ2) is 6.58. The smallest absolute Gasteiger partial charge is 0.314 e. The van der Waals surface area contributed by atoms with Crippen LogP contribution in [0.4, 0.5) is 14.5 Å². The zero-order valence-corrected chi connectivity index (χ0v) is 12.8. The summed E-state index contributed by atoms with van der Waals surface area (Å²) in [7, 11) is 0. The molecule has 1 aliphatic heterocycles. The standard InChI is InChI=1S/C14H15ClF2N2O3/c1-7-8(2)22-4-3-19(7)14(21)13(20)18-12-10(16)5-9(15)6-11(12)17/h5-8H,3-4H2,1-2H3,(H,18,20)/t7-,8+/m1/s1. The van der Waals surface area contributed by atoms with Crippen LogP contribution < -0.4 is 5.32 Å². The normalized spacial score (nSPS) is 21.6. The van der Waals surface area contributed by atoms with Crippen LogP contribution in [0.5, 0.6) is 0 Å². The van der Waals surface area contributed by atoms with Crippen LogP contribution in [0.25, 0.3) is 0 Å². The second-order valence-electron chi connectivity index (χ2n) is 5.01. The van der Waals surface area contributed by atoms with Crippen molar-refractivity contribution in [3.05, 3.63) is 28.8 Å². The van der Waals surface area contributed by atoms with Gasteiger partial charge in [-0.2, -0.15) is 0 Å². The molecule has 0 unspecified atom stereocenters. The lowest BCUT2D eigenvalue weighted by molar-refractivity contribution is -0.152. The molecule has 1 aromatic carbocycles. The number of amides is 2. The first kappa shape index (κ1) is 16.6. The molecule has 2 rings (SSSR count). The van der Waals surface area contributed by atoms with E-state index in [0.717, 1.165) is 12.1 Å². The van der Waals surface area contributed by atoms with Crippen LogP contribution in [-0.2, 0) is 14.3 Å². The number of anilines is 1. The van der Waals surface area contributed by atoms with E-state index in [1.165, 1.54) is 4.90 Å². The Kier molecular flexibility index (Phi) is 4.97. The minimum atomic E-state index is -1.11. The van der Waals surface area contributed by atoms with E-state index < -0.39 is 29.1 Å². The van der Waals surface area contributed by atoms with Gasteiger partial charge in [-0.05, 0) is 26.0 Å². The highest BCUT2D eigenvalue weighted by molar-refractivity contribution is 6.39. The number of benzene rings is 1. The van der Waals surface area contributed by atoms with Crippen LogP contribution >= 0.6 is 11.6 Å². The number of hydrogen-bond acceptors (Lipinski definition) is 3. The first-order valence-corrected chi connectivity index (χ1v) is 7.07. The summed E-state index contributed by atoms with van der Waals surface area (Å²) >= 11 is 5.50. The van der Waals surface area contributed by atoms with Crippen LogP contribution in [0, 0.1) is 11.6 Å². The third-order valence-electron chi connectivity index (χ3n) is 3.58. The molecular weight excluding hydrogens is 318 g/mol. The maximum atomic E-state index is 13.6. The number of halogens is 3. The fraction of sp³-hybridized carbons (Fsp3) is 0.429. The third kappa shape index (κ3) is 3.36.